The standard InChI is InChI=1S/C16H14Cl2IN3O3S/c1-26(24,25)22(13-5-3-12(19)4-6-13)10-16(23)21-20-9-11-2-7-14(17)15(18)8-11/h2-9H,10H2,1H3,(H,21,23)/b20-9-. The number of nitrogens with one attached hydrogen (secondary N) is 1. The number of halogens is 3. The SMILES string of the molecule is CS(=O)(=O)N(CC(=O)N/N=C\c1ccc(Cl)c(Cl)c1)c1ccc(I)cc1. The third kappa shape index (κ3) is 6.11. The Hall–Kier alpha value is -1.36. The lowest BCUT2D eigenvalue weighted by atomic mass is 10.2. The summed E-state index contributed by atoms with van der Waals surface area (Å²) in [7, 11) is -3.63. The molecule has 0 heterocycles. The molecule has 0 bridgehead atoms. The molecule has 138 valence electrons. The second-order valence-electron chi connectivity index (χ2n) is 5.21. The normalized spacial score (nSPS) is 11.5. The number of rotatable bonds is 6. The summed E-state index contributed by atoms with van der Waals surface area (Å²) in [6.45, 7) is -0.391. The first-order chi connectivity index (χ1) is 12.2. The molecule has 0 atom stereocenters. The van der Waals surface area contributed by atoms with Gasteiger partial charge >= 0.3 is 0 Å². The average molecular weight is 526 g/mol. The monoisotopic (exact) mass is 525 g/mol. The Balaban J connectivity index is 2.06. The van der Waals surface area contributed by atoms with Gasteiger partial charge in [-0.2, -0.15) is 5.10 Å². The van der Waals surface area contributed by atoms with Crippen LogP contribution in [0.1, 0.15) is 5.56 Å². The highest BCUT2D eigenvalue weighted by molar-refractivity contribution is 14.1. The molecule has 0 saturated heterocycles. The van der Waals surface area contributed by atoms with Crippen LogP contribution in [0.25, 0.3) is 0 Å². The van der Waals surface area contributed by atoms with Crippen molar-refractivity contribution in [3.8, 4) is 0 Å². The van der Waals surface area contributed by atoms with E-state index in [1.165, 1.54) is 6.21 Å². The van der Waals surface area contributed by atoms with Gasteiger partial charge in [-0.25, -0.2) is 13.8 Å². The van der Waals surface area contributed by atoms with Crippen LogP contribution in [0.4, 0.5) is 5.69 Å². The van der Waals surface area contributed by atoms with Crippen LogP contribution in [0.15, 0.2) is 47.6 Å². The van der Waals surface area contributed by atoms with Gasteiger partial charge in [0.15, 0.2) is 0 Å². The van der Waals surface area contributed by atoms with E-state index in [9.17, 15) is 13.2 Å². The second kappa shape index (κ2) is 9.03. The largest absolute Gasteiger partial charge is 0.271 e. The number of hydrogen-bond acceptors (Lipinski definition) is 4. The van der Waals surface area contributed by atoms with E-state index < -0.39 is 22.5 Å². The van der Waals surface area contributed by atoms with Gasteiger partial charge in [-0.1, -0.05) is 29.3 Å². The minimum atomic E-state index is -3.63. The predicted octanol–water partition coefficient (Wildman–Crippen LogP) is 3.51. The summed E-state index contributed by atoms with van der Waals surface area (Å²) in [4.78, 5) is 12.1. The zero-order valence-electron chi connectivity index (χ0n) is 13.5. The maximum absolute atomic E-state index is 12.1. The fourth-order valence-electron chi connectivity index (χ4n) is 1.94. The molecule has 0 fully saturated rings. The molecule has 0 aromatic heterocycles. The summed E-state index contributed by atoms with van der Waals surface area (Å²) in [5.41, 5.74) is 3.33. The Labute approximate surface area is 175 Å². The Kier molecular flexibility index (Phi) is 7.27. The third-order valence-corrected chi connectivity index (χ3v) is 5.75. The van der Waals surface area contributed by atoms with Crippen molar-refractivity contribution in [3.05, 3.63) is 61.6 Å². The van der Waals surface area contributed by atoms with E-state index in [1.54, 1.807) is 42.5 Å². The number of hydrogen-bond donors (Lipinski definition) is 1. The summed E-state index contributed by atoms with van der Waals surface area (Å²) in [5.74, 6) is -0.578. The molecule has 0 aliphatic carbocycles. The molecule has 26 heavy (non-hydrogen) atoms. The van der Waals surface area contributed by atoms with E-state index in [-0.39, 0.29) is 0 Å². The first-order valence-corrected chi connectivity index (χ1v) is 10.9. The Morgan fingerprint density at radius 1 is 1.19 bits per heavy atom. The smallest absolute Gasteiger partial charge is 0.260 e. The van der Waals surface area contributed by atoms with Crippen LogP contribution in [-0.2, 0) is 14.8 Å². The molecule has 2 aromatic rings. The summed E-state index contributed by atoms with van der Waals surface area (Å²) < 4.78 is 26.0. The number of hydrazone groups is 1. The molecule has 2 aromatic carbocycles. The molecule has 10 heteroatoms. The highest BCUT2D eigenvalue weighted by atomic mass is 127. The zero-order chi connectivity index (χ0) is 19.3. The number of anilines is 1. The topological polar surface area (TPSA) is 78.8 Å². The number of carbonyl (C=O) groups is 1. The van der Waals surface area contributed by atoms with Crippen molar-refractivity contribution in [2.75, 3.05) is 17.1 Å². The molecule has 6 nitrogen and oxygen atoms in total. The van der Waals surface area contributed by atoms with Gasteiger partial charge in [-0.15, -0.1) is 0 Å². The van der Waals surface area contributed by atoms with E-state index in [0.717, 1.165) is 14.1 Å². The summed E-state index contributed by atoms with van der Waals surface area (Å²) in [6, 6.07) is 11.7. The molecule has 0 unspecified atom stereocenters. The number of nitrogens with zero attached hydrogens (tertiary/aromatic N) is 2. The fourth-order valence-corrected chi connectivity index (χ4v) is 3.47. The Morgan fingerprint density at radius 2 is 1.85 bits per heavy atom. The minimum Gasteiger partial charge on any atom is -0.271 e. The number of carbonyl (C=O) groups excluding carboxylic acids is 1. The quantitative estimate of drug-likeness (QED) is 0.356. The molecular weight excluding hydrogens is 512 g/mol. The maximum Gasteiger partial charge on any atom is 0.260 e. The highest BCUT2D eigenvalue weighted by Crippen LogP contribution is 2.22. The zero-order valence-corrected chi connectivity index (χ0v) is 18.0. The number of benzene rings is 2. The molecule has 2 rings (SSSR count). The minimum absolute atomic E-state index is 0.365. The van der Waals surface area contributed by atoms with Crippen molar-refractivity contribution < 1.29 is 13.2 Å². The van der Waals surface area contributed by atoms with Crippen molar-refractivity contribution in [2.24, 2.45) is 5.10 Å². The van der Waals surface area contributed by atoms with E-state index in [2.05, 4.69) is 33.1 Å². The van der Waals surface area contributed by atoms with Gasteiger partial charge in [0, 0.05) is 3.57 Å². The summed E-state index contributed by atoms with van der Waals surface area (Å²) >= 11 is 13.8. The van der Waals surface area contributed by atoms with Crippen molar-refractivity contribution >= 4 is 73.6 Å². The van der Waals surface area contributed by atoms with Crippen LogP contribution in [0, 0.1) is 3.57 Å². The van der Waals surface area contributed by atoms with Crippen LogP contribution in [0.5, 0.6) is 0 Å². The maximum atomic E-state index is 12.1. The first kappa shape index (κ1) is 20.9. The molecule has 0 spiro atoms. The molecule has 1 N–H and O–H groups in total. The summed E-state index contributed by atoms with van der Waals surface area (Å²) in [5, 5.41) is 4.58. The van der Waals surface area contributed by atoms with Gasteiger partial charge in [0.05, 0.1) is 28.2 Å². The lowest BCUT2D eigenvalue weighted by Gasteiger charge is -2.21. The van der Waals surface area contributed by atoms with Crippen LogP contribution < -0.4 is 9.73 Å². The van der Waals surface area contributed by atoms with E-state index in [4.69, 9.17) is 23.2 Å². The summed E-state index contributed by atoms with van der Waals surface area (Å²) in [6.07, 6.45) is 2.42. The third-order valence-electron chi connectivity index (χ3n) is 3.15. The number of sulfonamides is 1. The van der Waals surface area contributed by atoms with Crippen LogP contribution in [-0.4, -0.2) is 33.3 Å². The van der Waals surface area contributed by atoms with Crippen LogP contribution in [0.3, 0.4) is 0 Å². The first-order valence-electron chi connectivity index (χ1n) is 7.17. The Morgan fingerprint density at radius 3 is 2.42 bits per heavy atom. The predicted molar refractivity (Wildman–Crippen MR) is 114 cm³/mol. The molecule has 0 aliphatic heterocycles. The van der Waals surface area contributed by atoms with Crippen molar-refractivity contribution in [1.29, 1.82) is 0 Å². The van der Waals surface area contributed by atoms with Gasteiger partial charge in [0.2, 0.25) is 10.0 Å². The van der Waals surface area contributed by atoms with Gasteiger partial charge in [-0.3, -0.25) is 9.10 Å². The van der Waals surface area contributed by atoms with Gasteiger partial charge in [0.25, 0.3) is 5.91 Å². The second-order valence-corrected chi connectivity index (χ2v) is 9.18. The van der Waals surface area contributed by atoms with Crippen molar-refractivity contribution in [1.82, 2.24) is 5.43 Å². The van der Waals surface area contributed by atoms with Gasteiger partial charge < -0.3 is 0 Å². The molecule has 0 aliphatic rings. The van der Waals surface area contributed by atoms with E-state index >= 15 is 0 Å². The molecular formula is C16H14Cl2IN3O3S. The molecule has 0 saturated carbocycles. The Bertz CT molecular complexity index is 934. The number of amides is 1. The lowest BCUT2D eigenvalue weighted by molar-refractivity contribution is -0.119. The van der Waals surface area contributed by atoms with Crippen molar-refractivity contribution in [3.63, 3.8) is 0 Å². The van der Waals surface area contributed by atoms with Crippen LogP contribution in [0.2, 0.25) is 10.0 Å². The molecule has 0 radical (unpaired) electrons. The lowest BCUT2D eigenvalue weighted by Crippen LogP contribution is -2.39. The molecule has 1 amide bonds. The highest BCUT2D eigenvalue weighted by Gasteiger charge is 2.20. The van der Waals surface area contributed by atoms with E-state index in [0.29, 0.717) is 21.3 Å². The van der Waals surface area contributed by atoms with Gasteiger partial charge in [-0.05, 0) is 64.6 Å². The average Bonchev–Trinajstić information content (AvgIpc) is 2.56. The fraction of sp³-hybridized carbons (Fsp3) is 0.125. The van der Waals surface area contributed by atoms with Gasteiger partial charge in [0.1, 0.15) is 6.54 Å². The van der Waals surface area contributed by atoms with E-state index in [1.807, 2.05) is 0 Å². The van der Waals surface area contributed by atoms with Crippen LogP contribution >= 0.6 is 45.8 Å². The van der Waals surface area contributed by atoms with Crippen molar-refractivity contribution in [2.45, 2.75) is 0 Å².